The first kappa shape index (κ1) is 18.5. The van der Waals surface area contributed by atoms with Crippen LogP contribution in [0.15, 0.2) is 72.8 Å². The van der Waals surface area contributed by atoms with Crippen LogP contribution >= 0.6 is 0 Å². The number of hydrogen-bond donors (Lipinski definition) is 2. The summed E-state index contributed by atoms with van der Waals surface area (Å²) in [6.45, 7) is -0.436. The van der Waals surface area contributed by atoms with Crippen molar-refractivity contribution >= 4 is 23.3 Å². The van der Waals surface area contributed by atoms with Crippen LogP contribution in [-0.2, 0) is 4.79 Å². The third-order valence-electron chi connectivity index (χ3n) is 4.59. The van der Waals surface area contributed by atoms with E-state index in [2.05, 4.69) is 5.32 Å². The van der Waals surface area contributed by atoms with E-state index in [1.165, 1.54) is 12.1 Å². The Bertz CT molecular complexity index is 1050. The van der Waals surface area contributed by atoms with Gasteiger partial charge < -0.3 is 15.2 Å². The Kier molecular flexibility index (Phi) is 4.87. The van der Waals surface area contributed by atoms with Crippen LogP contribution in [0, 0.1) is 5.82 Å². The number of benzene rings is 3. The number of anilines is 2. The predicted octanol–water partition coefficient (Wildman–Crippen LogP) is 4.06. The lowest BCUT2D eigenvalue weighted by Crippen LogP contribution is -2.43. The molecule has 1 heterocycles. The van der Waals surface area contributed by atoms with Crippen LogP contribution in [0.25, 0.3) is 0 Å². The minimum Gasteiger partial charge on any atom is -0.482 e. The Balaban J connectivity index is 1.71. The zero-order valence-corrected chi connectivity index (χ0v) is 15.2. The third-order valence-corrected chi connectivity index (χ3v) is 4.59. The summed E-state index contributed by atoms with van der Waals surface area (Å²) in [5.41, 5.74) is 2.54. The van der Waals surface area contributed by atoms with Crippen LogP contribution in [0.5, 0.6) is 5.75 Å². The van der Waals surface area contributed by atoms with Gasteiger partial charge in [0.05, 0.1) is 5.56 Å². The van der Waals surface area contributed by atoms with Gasteiger partial charge in [-0.05, 0) is 54.1 Å². The van der Waals surface area contributed by atoms with Gasteiger partial charge in [0.1, 0.15) is 17.7 Å². The molecule has 1 aliphatic rings. The number of rotatable bonds is 5. The van der Waals surface area contributed by atoms with Gasteiger partial charge in [0.2, 0.25) is 0 Å². The summed E-state index contributed by atoms with van der Waals surface area (Å²) in [5.74, 6) is -1.25. The van der Waals surface area contributed by atoms with Crippen LogP contribution in [0.2, 0.25) is 0 Å². The second-order valence-electron chi connectivity index (χ2n) is 6.50. The molecule has 1 atom stereocenters. The highest BCUT2D eigenvalue weighted by Crippen LogP contribution is 2.37. The Hall–Kier alpha value is -3.87. The lowest BCUT2D eigenvalue weighted by atomic mass is 10.0. The quantitative estimate of drug-likeness (QED) is 0.685. The molecule has 0 radical (unpaired) electrons. The number of carboxylic acids is 1. The van der Waals surface area contributed by atoms with Gasteiger partial charge in [-0.25, -0.2) is 9.18 Å². The topological polar surface area (TPSA) is 78.9 Å². The number of nitrogens with one attached hydrogen (secondary N) is 1. The van der Waals surface area contributed by atoms with Crippen LogP contribution in [0.3, 0.4) is 0 Å². The number of nitrogens with zero attached hydrogens (tertiary/aromatic N) is 1. The maximum atomic E-state index is 13.4. The van der Waals surface area contributed by atoms with E-state index in [1.807, 2.05) is 12.1 Å². The summed E-state index contributed by atoms with van der Waals surface area (Å²) < 4.78 is 18.6. The lowest BCUT2D eigenvalue weighted by Gasteiger charge is -2.38. The van der Waals surface area contributed by atoms with Gasteiger partial charge in [-0.3, -0.25) is 9.69 Å². The zero-order chi connectivity index (χ0) is 20.4. The van der Waals surface area contributed by atoms with Gasteiger partial charge >= 0.3 is 5.97 Å². The molecule has 1 amide bonds. The highest BCUT2D eigenvalue weighted by Gasteiger charge is 2.34. The number of fused-ring (bicyclic) bond motifs is 1. The second-order valence-corrected chi connectivity index (χ2v) is 6.50. The number of para-hydroxylation sites is 1. The number of hydrogen-bond acceptors (Lipinski definition) is 4. The van der Waals surface area contributed by atoms with E-state index in [0.717, 1.165) is 5.56 Å². The van der Waals surface area contributed by atoms with Crippen molar-refractivity contribution in [3.8, 4) is 5.75 Å². The standard InChI is InChI=1S/C22H17FN2O4/c23-15-7-9-16(10-8-15)25-21(24-19-4-2-1-3-18(19)22(25)28)14-5-11-17(12-6-14)29-13-20(26)27/h1-12,21,24H,13H2,(H,26,27)/t21-/m1/s1. The van der Waals surface area contributed by atoms with Crippen LogP contribution in [-0.4, -0.2) is 23.6 Å². The average Bonchev–Trinajstić information content (AvgIpc) is 2.73. The minimum atomic E-state index is -1.06. The third kappa shape index (κ3) is 3.75. The van der Waals surface area contributed by atoms with Gasteiger partial charge in [-0.1, -0.05) is 24.3 Å². The number of amides is 1. The van der Waals surface area contributed by atoms with Crippen molar-refractivity contribution < 1.29 is 23.8 Å². The van der Waals surface area contributed by atoms with E-state index in [4.69, 9.17) is 9.84 Å². The maximum absolute atomic E-state index is 13.4. The molecule has 0 fully saturated rings. The summed E-state index contributed by atoms with van der Waals surface area (Å²) in [5, 5.41) is 12.1. The van der Waals surface area contributed by atoms with Crippen molar-refractivity contribution in [1.82, 2.24) is 0 Å². The molecule has 0 aliphatic carbocycles. The van der Waals surface area contributed by atoms with Crippen molar-refractivity contribution in [3.63, 3.8) is 0 Å². The molecule has 0 bridgehead atoms. The maximum Gasteiger partial charge on any atom is 0.341 e. The van der Waals surface area contributed by atoms with E-state index >= 15 is 0 Å². The molecule has 7 heteroatoms. The van der Waals surface area contributed by atoms with Gasteiger partial charge in [-0.15, -0.1) is 0 Å². The Morgan fingerprint density at radius 1 is 1.03 bits per heavy atom. The van der Waals surface area contributed by atoms with Crippen LogP contribution in [0.4, 0.5) is 15.8 Å². The molecule has 146 valence electrons. The van der Waals surface area contributed by atoms with Crippen molar-refractivity contribution in [2.45, 2.75) is 6.17 Å². The van der Waals surface area contributed by atoms with Crippen molar-refractivity contribution in [1.29, 1.82) is 0 Å². The molecule has 0 saturated carbocycles. The largest absolute Gasteiger partial charge is 0.482 e. The molecule has 3 aromatic carbocycles. The summed E-state index contributed by atoms with van der Waals surface area (Å²) in [6, 6.07) is 19.7. The number of aliphatic carboxylic acids is 1. The fourth-order valence-corrected chi connectivity index (χ4v) is 3.25. The molecule has 4 rings (SSSR count). The highest BCUT2D eigenvalue weighted by molar-refractivity contribution is 6.12. The SMILES string of the molecule is O=C(O)COc1ccc([C@@H]2Nc3ccccc3C(=O)N2c2ccc(F)cc2)cc1. The van der Waals surface area contributed by atoms with Crippen LogP contribution < -0.4 is 15.0 Å². The molecule has 1 aliphatic heterocycles. The van der Waals surface area contributed by atoms with E-state index in [1.54, 1.807) is 53.4 Å². The first-order valence-corrected chi connectivity index (χ1v) is 8.92. The van der Waals surface area contributed by atoms with Gasteiger partial charge in [0, 0.05) is 11.4 Å². The Labute approximate surface area is 166 Å². The average molecular weight is 392 g/mol. The molecular weight excluding hydrogens is 375 g/mol. The Morgan fingerprint density at radius 3 is 2.41 bits per heavy atom. The smallest absolute Gasteiger partial charge is 0.341 e. The molecular formula is C22H17FN2O4. The predicted molar refractivity (Wildman–Crippen MR) is 106 cm³/mol. The fourth-order valence-electron chi connectivity index (χ4n) is 3.25. The number of carboxylic acid groups (broad SMARTS) is 1. The summed E-state index contributed by atoms with van der Waals surface area (Å²) in [4.78, 5) is 25.5. The zero-order valence-electron chi connectivity index (χ0n) is 15.2. The lowest BCUT2D eigenvalue weighted by molar-refractivity contribution is -0.139. The van der Waals surface area contributed by atoms with Crippen molar-refractivity contribution in [3.05, 3.63) is 89.7 Å². The van der Waals surface area contributed by atoms with Crippen molar-refractivity contribution in [2.24, 2.45) is 0 Å². The van der Waals surface area contributed by atoms with Gasteiger partial charge in [0.15, 0.2) is 6.61 Å². The number of halogens is 1. The highest BCUT2D eigenvalue weighted by atomic mass is 19.1. The molecule has 0 saturated heterocycles. The van der Waals surface area contributed by atoms with Crippen molar-refractivity contribution in [2.75, 3.05) is 16.8 Å². The van der Waals surface area contributed by atoms with E-state index in [-0.39, 0.29) is 11.7 Å². The van der Waals surface area contributed by atoms with E-state index in [9.17, 15) is 14.0 Å². The molecule has 0 aromatic heterocycles. The molecule has 0 spiro atoms. The normalized spacial score (nSPS) is 15.4. The summed E-state index contributed by atoms with van der Waals surface area (Å²) in [7, 11) is 0. The number of carbonyl (C=O) groups excluding carboxylic acids is 1. The summed E-state index contributed by atoms with van der Waals surface area (Å²) >= 11 is 0. The Morgan fingerprint density at radius 2 is 1.72 bits per heavy atom. The number of carbonyl (C=O) groups is 2. The van der Waals surface area contributed by atoms with Gasteiger partial charge in [-0.2, -0.15) is 0 Å². The molecule has 3 aromatic rings. The molecule has 2 N–H and O–H groups in total. The molecule has 0 unspecified atom stereocenters. The number of ether oxygens (including phenoxy) is 1. The summed E-state index contributed by atoms with van der Waals surface area (Å²) in [6.07, 6.45) is -0.531. The fraction of sp³-hybridized carbons (Fsp3) is 0.0909. The monoisotopic (exact) mass is 392 g/mol. The van der Waals surface area contributed by atoms with Gasteiger partial charge in [0.25, 0.3) is 5.91 Å². The molecule has 6 nitrogen and oxygen atoms in total. The first-order chi connectivity index (χ1) is 14.0. The van der Waals surface area contributed by atoms with E-state index < -0.39 is 18.7 Å². The van der Waals surface area contributed by atoms with E-state index in [0.29, 0.717) is 22.7 Å². The molecule has 29 heavy (non-hydrogen) atoms. The first-order valence-electron chi connectivity index (χ1n) is 8.92. The van der Waals surface area contributed by atoms with Crippen LogP contribution in [0.1, 0.15) is 22.1 Å². The second kappa shape index (κ2) is 7.63. The minimum absolute atomic E-state index is 0.206.